The molecule has 2 heterocycles. The van der Waals surface area contributed by atoms with Gasteiger partial charge in [-0.2, -0.15) is 0 Å². The second-order valence-corrected chi connectivity index (χ2v) is 9.28. The molecule has 0 spiro atoms. The maximum Gasteiger partial charge on any atom is 0.310 e. The Morgan fingerprint density at radius 3 is 2.46 bits per heavy atom. The molecule has 1 N–H and O–H groups in total. The zero-order chi connectivity index (χ0) is 27.5. The molecule has 1 amide bonds. The monoisotopic (exact) mass is 548 g/mol. The molecule has 9 nitrogen and oxygen atoms in total. The van der Waals surface area contributed by atoms with E-state index in [0.29, 0.717) is 68.9 Å². The number of esters is 1. The number of aromatic nitrogens is 1. The summed E-state index contributed by atoms with van der Waals surface area (Å²) in [6, 6.07) is 16.9. The molecule has 1 aromatic heterocycles. The van der Waals surface area contributed by atoms with Crippen molar-refractivity contribution in [3.05, 3.63) is 82.5 Å². The van der Waals surface area contributed by atoms with E-state index in [-0.39, 0.29) is 12.3 Å². The number of hydrogen-bond donors (Lipinski definition) is 1. The topological polar surface area (TPSA) is 105 Å². The van der Waals surface area contributed by atoms with Crippen molar-refractivity contribution < 1.29 is 33.3 Å². The summed E-state index contributed by atoms with van der Waals surface area (Å²) in [6.45, 7) is 2.18. The number of methoxy groups -OCH3 is 1. The van der Waals surface area contributed by atoms with Gasteiger partial charge >= 0.3 is 5.97 Å². The van der Waals surface area contributed by atoms with Gasteiger partial charge in [-0.15, -0.1) is 0 Å². The van der Waals surface area contributed by atoms with Crippen LogP contribution in [0, 0.1) is 6.92 Å². The lowest BCUT2D eigenvalue weighted by molar-refractivity contribution is -0.146. The molecule has 0 fully saturated rings. The number of rotatable bonds is 7. The van der Waals surface area contributed by atoms with Crippen molar-refractivity contribution in [2.24, 2.45) is 0 Å². The van der Waals surface area contributed by atoms with Gasteiger partial charge in [-0.25, -0.2) is 0 Å². The number of benzene rings is 3. The van der Waals surface area contributed by atoms with Gasteiger partial charge in [-0.1, -0.05) is 11.6 Å². The summed E-state index contributed by atoms with van der Waals surface area (Å²) < 4.78 is 23.2. The molecular formula is C29H25ClN2O7. The fraction of sp³-hybridized carbons (Fsp3) is 0.207. The lowest BCUT2D eigenvalue weighted by Crippen LogP contribution is -2.22. The van der Waals surface area contributed by atoms with E-state index in [0.717, 1.165) is 0 Å². The van der Waals surface area contributed by atoms with Gasteiger partial charge in [0.25, 0.3) is 11.8 Å². The van der Waals surface area contributed by atoms with Crippen LogP contribution in [-0.4, -0.2) is 49.3 Å². The van der Waals surface area contributed by atoms with Crippen molar-refractivity contribution in [2.45, 2.75) is 13.3 Å². The molecule has 4 aromatic rings. The van der Waals surface area contributed by atoms with Crippen LogP contribution >= 0.6 is 11.6 Å². The number of nitrogens with zero attached hydrogens (tertiary/aromatic N) is 1. The molecule has 1 aliphatic heterocycles. The predicted octanol–water partition coefficient (Wildman–Crippen LogP) is 4.80. The van der Waals surface area contributed by atoms with Crippen LogP contribution in [0.5, 0.6) is 17.2 Å². The quantitative estimate of drug-likeness (QED) is 0.331. The average molecular weight is 549 g/mol. The average Bonchev–Trinajstić information content (AvgIpc) is 3.21. The second kappa shape index (κ2) is 11.1. The van der Waals surface area contributed by atoms with Gasteiger partial charge in [-0.05, 0) is 67.1 Å². The molecule has 0 bridgehead atoms. The van der Waals surface area contributed by atoms with Crippen molar-refractivity contribution in [3.63, 3.8) is 0 Å². The first-order valence-electron chi connectivity index (χ1n) is 12.2. The first-order chi connectivity index (χ1) is 18.8. The molecule has 1 aliphatic rings. The second-order valence-electron chi connectivity index (χ2n) is 8.84. The molecule has 5 rings (SSSR count). The van der Waals surface area contributed by atoms with Crippen LogP contribution in [0.25, 0.3) is 10.9 Å². The smallest absolute Gasteiger partial charge is 0.310 e. The van der Waals surface area contributed by atoms with E-state index in [1.165, 1.54) is 7.11 Å². The maximum absolute atomic E-state index is 13.4. The Labute approximate surface area is 229 Å². The van der Waals surface area contributed by atoms with E-state index >= 15 is 0 Å². The Morgan fingerprint density at radius 2 is 1.72 bits per heavy atom. The Kier molecular flexibility index (Phi) is 7.42. The van der Waals surface area contributed by atoms with Crippen LogP contribution in [0.15, 0.2) is 60.7 Å². The molecule has 3 aromatic carbocycles. The number of fused-ring (bicyclic) bond motifs is 2. The summed E-state index contributed by atoms with van der Waals surface area (Å²) in [5.41, 5.74) is 2.74. The third-order valence-corrected chi connectivity index (χ3v) is 6.60. The van der Waals surface area contributed by atoms with Crippen LogP contribution in [0.3, 0.4) is 0 Å². The lowest BCUT2D eigenvalue weighted by atomic mass is 10.1. The van der Waals surface area contributed by atoms with E-state index in [9.17, 15) is 14.4 Å². The minimum atomic E-state index is -0.615. The Bertz CT molecular complexity index is 1580. The highest BCUT2D eigenvalue weighted by Crippen LogP contribution is 2.33. The minimum Gasteiger partial charge on any atom is -0.497 e. The predicted molar refractivity (Wildman–Crippen MR) is 145 cm³/mol. The Balaban J connectivity index is 1.32. The summed E-state index contributed by atoms with van der Waals surface area (Å²) in [5.74, 6) is 0.331. The molecule has 0 aliphatic carbocycles. The molecule has 200 valence electrons. The van der Waals surface area contributed by atoms with Crippen LogP contribution in [0.4, 0.5) is 5.69 Å². The summed E-state index contributed by atoms with van der Waals surface area (Å²) in [6.07, 6.45) is -0.145. The first kappa shape index (κ1) is 26.1. The molecule has 39 heavy (non-hydrogen) atoms. The van der Waals surface area contributed by atoms with Gasteiger partial charge in [0.05, 0.1) is 19.0 Å². The fourth-order valence-corrected chi connectivity index (χ4v) is 4.58. The standard InChI is InChI=1S/C29H25ClN2O7/c1-17-22(15-28(34)39-16-27(33)31-20-7-10-25-26(13-20)38-12-11-37-25)23-14-21(36-2)8-9-24(23)32(17)29(35)18-3-5-19(30)6-4-18/h3-10,13-14H,11-12,15-16H2,1-2H3,(H,31,33). The summed E-state index contributed by atoms with van der Waals surface area (Å²) in [7, 11) is 1.54. The van der Waals surface area contributed by atoms with Crippen LogP contribution in [0.2, 0.25) is 5.02 Å². The molecule has 0 unspecified atom stereocenters. The Morgan fingerprint density at radius 1 is 0.974 bits per heavy atom. The molecule has 0 atom stereocenters. The first-order valence-corrected chi connectivity index (χ1v) is 12.5. The third-order valence-electron chi connectivity index (χ3n) is 6.35. The number of nitrogens with one attached hydrogen (secondary N) is 1. The largest absolute Gasteiger partial charge is 0.497 e. The summed E-state index contributed by atoms with van der Waals surface area (Å²) in [5, 5.41) is 3.88. The van der Waals surface area contributed by atoms with Crippen molar-refractivity contribution in [1.82, 2.24) is 4.57 Å². The van der Waals surface area contributed by atoms with Gasteiger partial charge in [0, 0.05) is 33.4 Å². The molecular weight excluding hydrogens is 524 g/mol. The molecule has 10 heteroatoms. The van der Waals surface area contributed by atoms with Crippen LogP contribution < -0.4 is 19.5 Å². The van der Waals surface area contributed by atoms with Gasteiger partial charge in [0.1, 0.15) is 19.0 Å². The number of carbonyl (C=O) groups excluding carboxylic acids is 3. The van der Waals surface area contributed by atoms with Crippen LogP contribution in [0.1, 0.15) is 21.6 Å². The van der Waals surface area contributed by atoms with E-state index < -0.39 is 18.5 Å². The van der Waals surface area contributed by atoms with E-state index in [1.807, 2.05) is 0 Å². The minimum absolute atomic E-state index is 0.145. The van der Waals surface area contributed by atoms with Gasteiger partial charge in [0.15, 0.2) is 18.1 Å². The van der Waals surface area contributed by atoms with Crippen molar-refractivity contribution in [3.8, 4) is 17.2 Å². The van der Waals surface area contributed by atoms with Gasteiger partial charge in [0.2, 0.25) is 0 Å². The zero-order valence-electron chi connectivity index (χ0n) is 21.3. The normalized spacial score (nSPS) is 12.2. The molecule has 0 saturated heterocycles. The highest BCUT2D eigenvalue weighted by molar-refractivity contribution is 6.30. The molecule has 0 radical (unpaired) electrons. The summed E-state index contributed by atoms with van der Waals surface area (Å²) >= 11 is 5.99. The number of carbonyl (C=O) groups is 3. The highest BCUT2D eigenvalue weighted by Gasteiger charge is 2.23. The number of halogens is 1. The van der Waals surface area contributed by atoms with Crippen LogP contribution in [-0.2, 0) is 20.7 Å². The van der Waals surface area contributed by atoms with Gasteiger partial charge < -0.3 is 24.3 Å². The zero-order valence-corrected chi connectivity index (χ0v) is 22.0. The maximum atomic E-state index is 13.4. The van der Waals surface area contributed by atoms with E-state index in [2.05, 4.69) is 5.32 Å². The van der Waals surface area contributed by atoms with Crippen molar-refractivity contribution in [1.29, 1.82) is 0 Å². The molecule has 0 saturated carbocycles. The number of amides is 1. The lowest BCUT2D eigenvalue weighted by Gasteiger charge is -2.19. The van der Waals surface area contributed by atoms with Crippen molar-refractivity contribution >= 4 is 46.0 Å². The number of hydrogen-bond acceptors (Lipinski definition) is 7. The van der Waals surface area contributed by atoms with Crippen molar-refractivity contribution in [2.75, 3.05) is 32.2 Å². The fourth-order valence-electron chi connectivity index (χ4n) is 4.46. The van der Waals surface area contributed by atoms with Gasteiger partial charge in [-0.3, -0.25) is 19.0 Å². The SMILES string of the molecule is COc1ccc2c(c1)c(CC(=O)OCC(=O)Nc1ccc3c(c1)OCCO3)c(C)n2C(=O)c1ccc(Cl)cc1. The Hall–Kier alpha value is -4.50. The highest BCUT2D eigenvalue weighted by atomic mass is 35.5. The number of anilines is 1. The van der Waals surface area contributed by atoms with E-state index in [1.54, 1.807) is 72.2 Å². The number of ether oxygens (including phenoxy) is 4. The third kappa shape index (κ3) is 5.53. The van der Waals surface area contributed by atoms with E-state index in [4.69, 9.17) is 30.5 Å². The summed E-state index contributed by atoms with van der Waals surface area (Å²) in [4.78, 5) is 38.7.